The summed E-state index contributed by atoms with van der Waals surface area (Å²) in [6, 6.07) is 11.2. The number of ether oxygens (including phenoxy) is 2. The minimum atomic E-state index is -0.438. The molecule has 1 saturated heterocycles. The van der Waals surface area contributed by atoms with Gasteiger partial charge in [-0.25, -0.2) is 5.43 Å². The Morgan fingerprint density at radius 1 is 1.10 bits per heavy atom. The van der Waals surface area contributed by atoms with Crippen LogP contribution in [0.3, 0.4) is 0 Å². The third-order valence-electron chi connectivity index (χ3n) is 5.09. The predicted molar refractivity (Wildman–Crippen MR) is 112 cm³/mol. The van der Waals surface area contributed by atoms with Crippen molar-refractivity contribution in [1.82, 2.24) is 5.43 Å². The molecule has 1 unspecified atom stereocenters. The number of methoxy groups -OCH3 is 2. The van der Waals surface area contributed by atoms with Crippen LogP contribution in [0, 0.1) is 19.8 Å². The van der Waals surface area contributed by atoms with E-state index < -0.39 is 5.92 Å². The molecule has 2 aromatic carbocycles. The summed E-state index contributed by atoms with van der Waals surface area (Å²) in [5, 5.41) is 4.01. The van der Waals surface area contributed by atoms with E-state index in [1.165, 1.54) is 11.8 Å². The van der Waals surface area contributed by atoms with Crippen LogP contribution in [0.25, 0.3) is 0 Å². The van der Waals surface area contributed by atoms with Crippen molar-refractivity contribution in [2.24, 2.45) is 11.0 Å². The molecule has 1 N–H and O–H groups in total. The summed E-state index contributed by atoms with van der Waals surface area (Å²) in [5.74, 6) is 0.420. The van der Waals surface area contributed by atoms with Crippen molar-refractivity contribution in [3.63, 3.8) is 0 Å². The Bertz CT molecular complexity index is 955. The molecular weight excluding hydrogens is 370 g/mol. The maximum Gasteiger partial charge on any atom is 0.245 e. The Morgan fingerprint density at radius 2 is 1.86 bits per heavy atom. The average Bonchev–Trinajstić information content (AvgIpc) is 3.11. The largest absolute Gasteiger partial charge is 0.493 e. The van der Waals surface area contributed by atoms with Crippen molar-refractivity contribution in [3.8, 4) is 11.5 Å². The van der Waals surface area contributed by atoms with Crippen molar-refractivity contribution < 1.29 is 19.1 Å². The molecule has 1 aliphatic rings. The molecule has 1 fully saturated rings. The van der Waals surface area contributed by atoms with Gasteiger partial charge in [0.15, 0.2) is 11.5 Å². The van der Waals surface area contributed by atoms with Gasteiger partial charge in [-0.3, -0.25) is 9.59 Å². The maximum absolute atomic E-state index is 12.5. The molecule has 0 aliphatic carbocycles. The molecule has 0 bridgehead atoms. The zero-order valence-corrected chi connectivity index (χ0v) is 17.1. The molecule has 1 atom stereocenters. The smallest absolute Gasteiger partial charge is 0.245 e. The lowest BCUT2D eigenvalue weighted by molar-refractivity contribution is -0.126. The molecule has 0 saturated carbocycles. The lowest BCUT2D eigenvalue weighted by Gasteiger charge is -2.17. The van der Waals surface area contributed by atoms with Gasteiger partial charge in [0.25, 0.3) is 0 Å². The number of amides is 2. The summed E-state index contributed by atoms with van der Waals surface area (Å²) in [6.45, 7) is 4.38. The van der Waals surface area contributed by atoms with E-state index in [2.05, 4.69) is 10.5 Å². The zero-order chi connectivity index (χ0) is 21.0. The number of hydrazone groups is 1. The number of rotatable bonds is 6. The normalized spacial score (nSPS) is 16.3. The monoisotopic (exact) mass is 395 g/mol. The van der Waals surface area contributed by atoms with E-state index in [9.17, 15) is 9.59 Å². The number of nitrogens with zero attached hydrogens (tertiary/aromatic N) is 2. The fourth-order valence-electron chi connectivity index (χ4n) is 3.22. The van der Waals surface area contributed by atoms with E-state index in [1.54, 1.807) is 37.3 Å². The number of hydrogen-bond acceptors (Lipinski definition) is 5. The highest BCUT2D eigenvalue weighted by Crippen LogP contribution is 2.28. The lowest BCUT2D eigenvalue weighted by Crippen LogP contribution is -2.30. The van der Waals surface area contributed by atoms with Crippen molar-refractivity contribution >= 4 is 23.7 Å². The van der Waals surface area contributed by atoms with Crippen LogP contribution in [0.15, 0.2) is 41.5 Å². The average molecular weight is 395 g/mol. The fraction of sp³-hybridized carbons (Fsp3) is 0.318. The van der Waals surface area contributed by atoms with Gasteiger partial charge in [0.05, 0.1) is 26.4 Å². The standard InChI is InChI=1S/C22H25N3O4/c1-14-5-7-18(9-15(14)2)25-13-17(11-21(25)26)22(27)24-23-12-16-6-8-19(28-3)20(10-16)29-4/h5-10,12,17H,11,13H2,1-4H3,(H,24,27). The Morgan fingerprint density at radius 3 is 2.55 bits per heavy atom. The molecule has 1 heterocycles. The predicted octanol–water partition coefficient (Wildman–Crippen LogP) is 2.82. The van der Waals surface area contributed by atoms with Gasteiger partial charge >= 0.3 is 0 Å². The van der Waals surface area contributed by atoms with Gasteiger partial charge in [-0.1, -0.05) is 6.07 Å². The van der Waals surface area contributed by atoms with Gasteiger partial charge in [-0.05, 0) is 60.9 Å². The van der Waals surface area contributed by atoms with E-state index in [1.807, 2.05) is 32.0 Å². The Kier molecular flexibility index (Phi) is 6.16. The number of hydrogen-bond donors (Lipinski definition) is 1. The number of benzene rings is 2. The zero-order valence-electron chi connectivity index (χ0n) is 17.1. The maximum atomic E-state index is 12.5. The Balaban J connectivity index is 1.62. The molecule has 7 nitrogen and oxygen atoms in total. The first-order valence-electron chi connectivity index (χ1n) is 9.35. The number of nitrogens with one attached hydrogen (secondary N) is 1. The molecule has 2 amide bonds. The topological polar surface area (TPSA) is 80.2 Å². The first-order chi connectivity index (χ1) is 13.9. The Labute approximate surface area is 170 Å². The first-order valence-corrected chi connectivity index (χ1v) is 9.35. The molecule has 2 aromatic rings. The molecule has 7 heteroatoms. The van der Waals surface area contributed by atoms with Crippen LogP contribution >= 0.6 is 0 Å². The van der Waals surface area contributed by atoms with Crippen LogP contribution in [-0.4, -0.2) is 38.8 Å². The molecule has 3 rings (SSSR count). The summed E-state index contributed by atoms with van der Waals surface area (Å²) in [4.78, 5) is 26.5. The molecule has 0 aromatic heterocycles. The SMILES string of the molecule is COc1ccc(C=NNC(=O)C2CC(=O)N(c3ccc(C)c(C)c3)C2)cc1OC. The molecule has 29 heavy (non-hydrogen) atoms. The Hall–Kier alpha value is -3.35. The van der Waals surface area contributed by atoms with Gasteiger partial charge in [0.2, 0.25) is 11.8 Å². The quantitative estimate of drug-likeness (QED) is 0.602. The van der Waals surface area contributed by atoms with E-state index >= 15 is 0 Å². The first kappa shape index (κ1) is 20.4. The second kappa shape index (κ2) is 8.77. The van der Waals surface area contributed by atoms with Crippen LogP contribution in [0.5, 0.6) is 11.5 Å². The van der Waals surface area contributed by atoms with Crippen molar-refractivity contribution in [2.75, 3.05) is 25.7 Å². The van der Waals surface area contributed by atoms with Gasteiger partial charge in [-0.15, -0.1) is 0 Å². The fourth-order valence-corrected chi connectivity index (χ4v) is 3.22. The van der Waals surface area contributed by atoms with Crippen molar-refractivity contribution in [2.45, 2.75) is 20.3 Å². The van der Waals surface area contributed by atoms with Crippen molar-refractivity contribution in [3.05, 3.63) is 53.1 Å². The summed E-state index contributed by atoms with van der Waals surface area (Å²) < 4.78 is 10.4. The van der Waals surface area contributed by atoms with Crippen molar-refractivity contribution in [1.29, 1.82) is 0 Å². The van der Waals surface area contributed by atoms with Crippen LogP contribution in [0.4, 0.5) is 5.69 Å². The van der Waals surface area contributed by atoms with Crippen LogP contribution in [-0.2, 0) is 9.59 Å². The van der Waals surface area contributed by atoms with Crippen LogP contribution < -0.4 is 19.8 Å². The molecule has 0 spiro atoms. The van der Waals surface area contributed by atoms with E-state index in [4.69, 9.17) is 9.47 Å². The van der Waals surface area contributed by atoms with Crippen LogP contribution in [0.1, 0.15) is 23.1 Å². The van der Waals surface area contributed by atoms with Gasteiger partial charge in [0, 0.05) is 18.7 Å². The van der Waals surface area contributed by atoms with Gasteiger partial charge < -0.3 is 14.4 Å². The van der Waals surface area contributed by atoms with E-state index in [0.29, 0.717) is 18.0 Å². The van der Waals surface area contributed by atoms with Gasteiger partial charge in [-0.2, -0.15) is 5.10 Å². The van der Waals surface area contributed by atoms with Gasteiger partial charge in [0.1, 0.15) is 0 Å². The lowest BCUT2D eigenvalue weighted by atomic mass is 10.1. The molecule has 1 aliphatic heterocycles. The molecule has 152 valence electrons. The van der Waals surface area contributed by atoms with E-state index in [-0.39, 0.29) is 18.2 Å². The summed E-state index contributed by atoms with van der Waals surface area (Å²) >= 11 is 0. The summed E-state index contributed by atoms with van der Waals surface area (Å²) in [6.07, 6.45) is 1.70. The van der Waals surface area contributed by atoms with Crippen LogP contribution in [0.2, 0.25) is 0 Å². The number of carbonyl (C=O) groups excluding carboxylic acids is 2. The highest BCUT2D eigenvalue weighted by Gasteiger charge is 2.35. The highest BCUT2D eigenvalue weighted by molar-refractivity contribution is 6.00. The number of anilines is 1. The third-order valence-corrected chi connectivity index (χ3v) is 5.09. The molecule has 0 radical (unpaired) electrons. The second-order valence-corrected chi connectivity index (χ2v) is 7.02. The van der Waals surface area contributed by atoms with E-state index in [0.717, 1.165) is 16.8 Å². The highest BCUT2D eigenvalue weighted by atomic mass is 16.5. The summed E-state index contributed by atoms with van der Waals surface area (Å²) in [5.41, 5.74) is 6.38. The number of carbonyl (C=O) groups is 2. The second-order valence-electron chi connectivity index (χ2n) is 7.02. The third kappa shape index (κ3) is 4.56. The molecular formula is C22H25N3O4. The minimum Gasteiger partial charge on any atom is -0.493 e. The number of aryl methyl sites for hydroxylation is 2. The minimum absolute atomic E-state index is 0.0581. The summed E-state index contributed by atoms with van der Waals surface area (Å²) in [7, 11) is 3.12.